The third-order valence-corrected chi connectivity index (χ3v) is 8.97. The lowest BCUT2D eigenvalue weighted by Gasteiger charge is -2.37. The number of hydrogen-bond acceptors (Lipinski definition) is 6. The topological polar surface area (TPSA) is 70.0 Å². The van der Waals surface area contributed by atoms with Crippen molar-refractivity contribution in [2.45, 2.75) is 25.9 Å². The zero-order valence-electron chi connectivity index (χ0n) is 18.7. The zero-order chi connectivity index (χ0) is 23.4. The summed E-state index contributed by atoms with van der Waals surface area (Å²) in [6, 6.07) is 14.2. The number of rotatable bonds is 7. The van der Waals surface area contributed by atoms with Gasteiger partial charge in [-0.2, -0.15) is 0 Å². The SMILES string of the molecule is COc1ccc(Cl)c(N=P(Oc2ccc(C=O)cc2OC)(c2ccncc2)C(C)(C)C)c1. The average Bonchev–Trinajstić information content (AvgIpc) is 2.79. The van der Waals surface area contributed by atoms with Gasteiger partial charge in [0.25, 0.3) is 0 Å². The lowest BCUT2D eigenvalue weighted by Crippen LogP contribution is -2.27. The lowest BCUT2D eigenvalue weighted by molar-refractivity contribution is 0.112. The number of nitrogens with zero attached hydrogens (tertiary/aromatic N) is 2. The highest BCUT2D eigenvalue weighted by Gasteiger charge is 2.39. The van der Waals surface area contributed by atoms with Gasteiger partial charge >= 0.3 is 0 Å². The number of aldehydes is 1. The van der Waals surface area contributed by atoms with E-state index in [1.165, 1.54) is 7.11 Å². The minimum atomic E-state index is -2.82. The summed E-state index contributed by atoms with van der Waals surface area (Å²) in [7, 11) is 0.313. The second-order valence-corrected chi connectivity index (χ2v) is 11.8. The molecule has 6 nitrogen and oxygen atoms in total. The van der Waals surface area contributed by atoms with Gasteiger partial charge in [-0.3, -0.25) is 9.78 Å². The molecule has 0 radical (unpaired) electrons. The van der Waals surface area contributed by atoms with Crippen molar-refractivity contribution >= 4 is 36.2 Å². The van der Waals surface area contributed by atoms with E-state index in [2.05, 4.69) is 25.8 Å². The average molecular weight is 473 g/mol. The van der Waals surface area contributed by atoms with Gasteiger partial charge in [0.1, 0.15) is 12.0 Å². The van der Waals surface area contributed by atoms with Crippen LogP contribution in [0.4, 0.5) is 5.69 Å². The first-order valence-corrected chi connectivity index (χ1v) is 12.0. The normalized spacial score (nSPS) is 13.1. The number of pyridine rings is 1. The van der Waals surface area contributed by atoms with Gasteiger partial charge in [0.05, 0.1) is 24.9 Å². The molecule has 0 aliphatic carbocycles. The molecule has 0 aliphatic rings. The summed E-state index contributed by atoms with van der Waals surface area (Å²) in [5, 5.41) is 0.940. The maximum atomic E-state index is 11.2. The summed E-state index contributed by atoms with van der Waals surface area (Å²) in [4.78, 5) is 15.4. The fourth-order valence-corrected chi connectivity index (χ4v) is 6.44. The number of hydrogen-bond donors (Lipinski definition) is 0. The van der Waals surface area contributed by atoms with Crippen LogP contribution in [0.5, 0.6) is 17.2 Å². The molecule has 0 N–H and O–H groups in total. The van der Waals surface area contributed by atoms with Gasteiger partial charge in [-0.05, 0) is 42.5 Å². The third kappa shape index (κ3) is 4.82. The smallest absolute Gasteiger partial charge is 0.173 e. The third-order valence-electron chi connectivity index (χ3n) is 4.88. The van der Waals surface area contributed by atoms with Gasteiger partial charge in [-0.25, -0.2) is 4.74 Å². The molecule has 8 heteroatoms. The molecule has 3 rings (SSSR count). The van der Waals surface area contributed by atoms with Crippen LogP contribution in [0.1, 0.15) is 31.1 Å². The molecule has 1 heterocycles. The number of methoxy groups -OCH3 is 2. The number of benzene rings is 2. The van der Waals surface area contributed by atoms with E-state index < -0.39 is 12.4 Å². The van der Waals surface area contributed by atoms with Gasteiger partial charge < -0.3 is 14.0 Å². The molecular weight excluding hydrogens is 447 g/mol. The Bertz CT molecular complexity index is 1160. The molecule has 1 aromatic heterocycles. The van der Waals surface area contributed by atoms with Gasteiger partial charge in [-0.15, -0.1) is 0 Å². The van der Waals surface area contributed by atoms with Crippen LogP contribution >= 0.6 is 18.9 Å². The number of ether oxygens (including phenoxy) is 2. The predicted octanol–water partition coefficient (Wildman–Crippen LogP) is 6.52. The Labute approximate surface area is 193 Å². The second-order valence-electron chi connectivity index (χ2n) is 7.99. The van der Waals surface area contributed by atoms with Crippen LogP contribution in [0.15, 0.2) is 65.7 Å². The van der Waals surface area contributed by atoms with Gasteiger partial charge in [-0.1, -0.05) is 32.4 Å². The predicted molar refractivity (Wildman–Crippen MR) is 130 cm³/mol. The first-order chi connectivity index (χ1) is 15.2. The minimum absolute atomic E-state index is 0.435. The molecule has 0 bridgehead atoms. The van der Waals surface area contributed by atoms with Gasteiger partial charge in [0.2, 0.25) is 0 Å². The highest BCUT2D eigenvalue weighted by Crippen LogP contribution is 2.63. The van der Waals surface area contributed by atoms with E-state index in [4.69, 9.17) is 30.3 Å². The van der Waals surface area contributed by atoms with E-state index in [1.807, 2.05) is 12.1 Å². The Hall–Kier alpha value is -2.82. The van der Waals surface area contributed by atoms with E-state index in [0.717, 1.165) is 11.6 Å². The molecule has 0 fully saturated rings. The molecule has 0 saturated carbocycles. The van der Waals surface area contributed by atoms with Crippen molar-refractivity contribution in [2.24, 2.45) is 4.74 Å². The molecular formula is C24H26ClN2O4P. The molecule has 0 amide bonds. The van der Waals surface area contributed by atoms with Crippen molar-refractivity contribution in [3.63, 3.8) is 0 Å². The summed E-state index contributed by atoms with van der Waals surface area (Å²) in [6.45, 7) is 6.22. The fourth-order valence-electron chi connectivity index (χ4n) is 3.17. The van der Waals surface area contributed by atoms with E-state index in [1.54, 1.807) is 55.9 Å². The number of halogens is 1. The summed E-state index contributed by atoms with van der Waals surface area (Å²) in [5.41, 5.74) is 1.06. The molecule has 2 aromatic carbocycles. The molecule has 168 valence electrons. The quantitative estimate of drug-likeness (QED) is 0.289. The van der Waals surface area contributed by atoms with E-state index in [0.29, 0.717) is 33.5 Å². The van der Waals surface area contributed by atoms with Gasteiger partial charge in [0.15, 0.2) is 18.8 Å². The van der Waals surface area contributed by atoms with Crippen LogP contribution in [0.3, 0.4) is 0 Å². The monoisotopic (exact) mass is 472 g/mol. The Morgan fingerprint density at radius 3 is 2.28 bits per heavy atom. The van der Waals surface area contributed by atoms with Crippen LogP contribution in [0, 0.1) is 0 Å². The maximum absolute atomic E-state index is 11.2. The standard InChI is InChI=1S/C24H26ClN2O4P/c1-24(2,3)32(19-10-12-26-13-11-19,27-21-15-18(29-4)7-8-20(21)25)31-22-9-6-17(16-28)14-23(22)30-5/h6-16H,1-5H3. The van der Waals surface area contributed by atoms with E-state index >= 15 is 0 Å². The number of carbonyl (C=O) groups is 1. The zero-order valence-corrected chi connectivity index (χ0v) is 20.4. The summed E-state index contributed by atoms with van der Waals surface area (Å²) in [5.74, 6) is 1.58. The number of aromatic nitrogens is 1. The fraction of sp³-hybridized carbons (Fsp3) is 0.250. The molecule has 32 heavy (non-hydrogen) atoms. The minimum Gasteiger partial charge on any atom is -0.497 e. The second kappa shape index (κ2) is 9.76. The van der Waals surface area contributed by atoms with E-state index in [9.17, 15) is 4.79 Å². The molecule has 0 saturated heterocycles. The summed E-state index contributed by atoms with van der Waals surface area (Å²) < 4.78 is 22.9. The van der Waals surface area contributed by atoms with E-state index in [-0.39, 0.29) is 0 Å². The van der Waals surface area contributed by atoms with Crippen molar-refractivity contribution in [2.75, 3.05) is 14.2 Å². The summed E-state index contributed by atoms with van der Waals surface area (Å²) >= 11 is 6.53. The van der Waals surface area contributed by atoms with Gasteiger partial charge in [0, 0.05) is 34.5 Å². The van der Waals surface area contributed by atoms with Crippen molar-refractivity contribution < 1.29 is 18.8 Å². The Morgan fingerprint density at radius 1 is 0.969 bits per heavy atom. The molecule has 1 atom stereocenters. The number of carbonyl (C=O) groups excluding carboxylic acids is 1. The van der Waals surface area contributed by atoms with Crippen molar-refractivity contribution in [1.82, 2.24) is 4.98 Å². The van der Waals surface area contributed by atoms with Crippen molar-refractivity contribution in [3.8, 4) is 17.2 Å². The molecule has 0 aliphatic heterocycles. The van der Waals surface area contributed by atoms with Crippen LogP contribution in [0.2, 0.25) is 5.02 Å². The Kier molecular flexibility index (Phi) is 7.27. The molecule has 3 aromatic rings. The first-order valence-electron chi connectivity index (χ1n) is 9.93. The Morgan fingerprint density at radius 2 is 1.69 bits per heavy atom. The van der Waals surface area contributed by atoms with Crippen molar-refractivity contribution in [3.05, 3.63) is 71.5 Å². The highest BCUT2D eigenvalue weighted by atomic mass is 35.5. The summed E-state index contributed by atoms with van der Waals surface area (Å²) in [6.07, 6.45) is 4.20. The van der Waals surface area contributed by atoms with Crippen molar-refractivity contribution in [1.29, 1.82) is 0 Å². The first kappa shape index (κ1) is 23.8. The van der Waals surface area contributed by atoms with Crippen LogP contribution in [0.25, 0.3) is 0 Å². The Balaban J connectivity index is 2.35. The van der Waals surface area contributed by atoms with Crippen LogP contribution in [-0.4, -0.2) is 30.6 Å². The largest absolute Gasteiger partial charge is 0.497 e. The van der Waals surface area contributed by atoms with Crippen LogP contribution in [-0.2, 0) is 0 Å². The molecule has 1 unspecified atom stereocenters. The molecule has 0 spiro atoms. The maximum Gasteiger partial charge on any atom is 0.173 e. The lowest BCUT2D eigenvalue weighted by atomic mass is 10.2. The van der Waals surface area contributed by atoms with Crippen LogP contribution < -0.4 is 19.3 Å². The highest BCUT2D eigenvalue weighted by molar-refractivity contribution is 7.71.